The summed E-state index contributed by atoms with van der Waals surface area (Å²) in [5.41, 5.74) is 10.4. The maximum absolute atomic E-state index is 13.7. The van der Waals surface area contributed by atoms with E-state index in [2.05, 4.69) is 41.9 Å². The number of amidine groups is 1. The lowest BCUT2D eigenvalue weighted by atomic mass is 9.81. The number of piperazine rings is 1. The van der Waals surface area contributed by atoms with E-state index in [0.717, 1.165) is 57.6 Å². The number of nitrogens with zero attached hydrogens (tertiary/aromatic N) is 3. The molecule has 0 bridgehead atoms. The zero-order chi connectivity index (χ0) is 27.0. The number of methoxy groups -OCH3 is 1. The van der Waals surface area contributed by atoms with Crippen LogP contribution in [0.1, 0.15) is 39.0 Å². The third kappa shape index (κ3) is 4.73. The first-order chi connectivity index (χ1) is 18.2. The van der Waals surface area contributed by atoms with E-state index in [9.17, 15) is 4.79 Å². The minimum Gasteiger partial charge on any atom is -0.500 e. The van der Waals surface area contributed by atoms with Crippen LogP contribution in [0.3, 0.4) is 0 Å². The van der Waals surface area contributed by atoms with Crippen LogP contribution in [0.4, 0.5) is 11.4 Å². The highest BCUT2D eigenvalue weighted by Gasteiger charge is 2.45. The number of benzene rings is 1. The first-order valence-corrected chi connectivity index (χ1v) is 14.0. The van der Waals surface area contributed by atoms with Gasteiger partial charge in [0, 0.05) is 49.8 Å². The van der Waals surface area contributed by atoms with E-state index in [1.54, 1.807) is 18.4 Å². The van der Waals surface area contributed by atoms with Gasteiger partial charge in [0.2, 0.25) is 0 Å². The molecule has 2 unspecified atom stereocenters. The van der Waals surface area contributed by atoms with E-state index < -0.39 is 5.60 Å². The Labute approximate surface area is 228 Å². The minimum absolute atomic E-state index is 0.0494. The highest BCUT2D eigenvalue weighted by Crippen LogP contribution is 2.44. The highest BCUT2D eigenvalue weighted by atomic mass is 32.1. The van der Waals surface area contributed by atoms with Gasteiger partial charge in [0.1, 0.15) is 17.4 Å². The molecule has 1 aliphatic carbocycles. The van der Waals surface area contributed by atoms with Gasteiger partial charge in [-0.3, -0.25) is 4.79 Å². The summed E-state index contributed by atoms with van der Waals surface area (Å²) in [4.78, 5) is 23.4. The molecule has 0 spiro atoms. The second-order valence-electron chi connectivity index (χ2n) is 10.3. The van der Waals surface area contributed by atoms with Crippen molar-refractivity contribution in [3.8, 4) is 0 Å². The molecule has 2 N–H and O–H groups in total. The number of hydrogen-bond acceptors (Lipinski definition) is 6. The Balaban J connectivity index is 1.23. The molecule has 1 aromatic heterocycles. The van der Waals surface area contributed by atoms with Crippen LogP contribution >= 0.6 is 11.3 Å². The van der Waals surface area contributed by atoms with Crippen LogP contribution in [0.25, 0.3) is 0 Å². The SMILES string of the molecule is COC1=C(C)C(C)=C2OC(C)(C(=O)N3CCN(c4ccc(N=C(N)c5cccs5)cc4)CC3)CC=C2C1C. The summed E-state index contributed by atoms with van der Waals surface area (Å²) >= 11 is 1.58. The zero-order valence-corrected chi connectivity index (χ0v) is 23.6. The molecule has 0 radical (unpaired) electrons. The normalized spacial score (nSPS) is 24.2. The van der Waals surface area contributed by atoms with Gasteiger partial charge in [-0.05, 0) is 67.6 Å². The lowest BCUT2D eigenvalue weighted by molar-refractivity contribution is -0.152. The van der Waals surface area contributed by atoms with Gasteiger partial charge in [-0.2, -0.15) is 0 Å². The Bertz CT molecular complexity index is 1330. The molecule has 1 saturated heterocycles. The highest BCUT2D eigenvalue weighted by molar-refractivity contribution is 7.12. The molecule has 38 heavy (non-hydrogen) atoms. The molecule has 1 amide bonds. The summed E-state index contributed by atoms with van der Waals surface area (Å²) in [6, 6.07) is 12.0. The van der Waals surface area contributed by atoms with E-state index >= 15 is 0 Å². The number of anilines is 1. The number of ether oxygens (including phenoxy) is 2. The van der Waals surface area contributed by atoms with Crippen molar-refractivity contribution in [3.05, 3.63) is 81.0 Å². The van der Waals surface area contributed by atoms with Crippen molar-refractivity contribution >= 4 is 34.5 Å². The standard InChI is InChI=1S/C30H36N4O3S/c1-19-20(2)27-24(21(3)26(19)36-5)12-13-30(4,37-27)29(35)34-16-14-33(15-17-34)23-10-8-22(9-11-23)32-28(31)25-7-6-18-38-25/h6-12,18,21H,13-17H2,1-5H3,(H2,31,32). The smallest absolute Gasteiger partial charge is 0.266 e. The van der Waals surface area contributed by atoms with Gasteiger partial charge in [0.25, 0.3) is 5.91 Å². The molecule has 2 atom stereocenters. The number of thiophene rings is 1. The number of aliphatic imine (C=N–C) groups is 1. The summed E-state index contributed by atoms with van der Waals surface area (Å²) in [5.74, 6) is 2.50. The predicted molar refractivity (Wildman–Crippen MR) is 154 cm³/mol. The van der Waals surface area contributed by atoms with Gasteiger partial charge in [-0.25, -0.2) is 4.99 Å². The first kappa shape index (κ1) is 26.1. The van der Waals surface area contributed by atoms with Crippen molar-refractivity contribution < 1.29 is 14.3 Å². The van der Waals surface area contributed by atoms with Crippen molar-refractivity contribution in [2.75, 3.05) is 38.2 Å². The van der Waals surface area contributed by atoms with Gasteiger partial charge in [0.05, 0.1) is 17.7 Å². The molecule has 3 aliphatic rings. The van der Waals surface area contributed by atoms with Crippen LogP contribution in [0.5, 0.6) is 0 Å². The van der Waals surface area contributed by atoms with Crippen molar-refractivity contribution in [1.82, 2.24) is 4.90 Å². The molecule has 2 aromatic rings. The second-order valence-corrected chi connectivity index (χ2v) is 11.3. The number of carbonyl (C=O) groups is 1. The summed E-state index contributed by atoms with van der Waals surface area (Å²) in [5, 5.41) is 1.99. The fourth-order valence-corrected chi connectivity index (χ4v) is 6.16. The summed E-state index contributed by atoms with van der Waals surface area (Å²) < 4.78 is 12.2. The molecule has 1 fully saturated rings. The monoisotopic (exact) mass is 532 g/mol. The maximum atomic E-state index is 13.7. The lowest BCUT2D eigenvalue weighted by Crippen LogP contribution is -2.56. The van der Waals surface area contributed by atoms with Gasteiger partial charge >= 0.3 is 0 Å². The largest absolute Gasteiger partial charge is 0.500 e. The third-order valence-electron chi connectivity index (χ3n) is 7.91. The number of fused-ring (bicyclic) bond motifs is 1. The van der Waals surface area contributed by atoms with E-state index in [-0.39, 0.29) is 11.8 Å². The fraction of sp³-hybridized carbons (Fsp3) is 0.400. The van der Waals surface area contributed by atoms with Crippen LogP contribution in [0.2, 0.25) is 0 Å². The second kappa shape index (κ2) is 10.3. The molecule has 3 heterocycles. The molecule has 200 valence electrons. The minimum atomic E-state index is -0.908. The topological polar surface area (TPSA) is 80.4 Å². The van der Waals surface area contributed by atoms with Crippen LogP contribution < -0.4 is 10.6 Å². The number of carbonyl (C=O) groups excluding carboxylic acids is 1. The van der Waals surface area contributed by atoms with Crippen LogP contribution in [-0.4, -0.2) is 55.5 Å². The number of amides is 1. The number of nitrogens with two attached hydrogens (primary N) is 1. The Kier molecular flexibility index (Phi) is 7.09. The first-order valence-electron chi connectivity index (χ1n) is 13.1. The summed E-state index contributed by atoms with van der Waals surface area (Å²) in [7, 11) is 1.72. The molecule has 0 saturated carbocycles. The molecule has 5 rings (SSSR count). The van der Waals surface area contributed by atoms with Crippen molar-refractivity contribution in [1.29, 1.82) is 0 Å². The van der Waals surface area contributed by atoms with Crippen LogP contribution in [0.15, 0.2) is 81.1 Å². The Morgan fingerprint density at radius 2 is 1.84 bits per heavy atom. The van der Waals surface area contributed by atoms with E-state index in [1.807, 2.05) is 48.4 Å². The zero-order valence-electron chi connectivity index (χ0n) is 22.8. The average Bonchev–Trinajstić information content (AvgIpc) is 3.48. The van der Waals surface area contributed by atoms with E-state index in [1.165, 1.54) is 0 Å². The molecular formula is C30H36N4O3S. The number of rotatable bonds is 5. The lowest BCUT2D eigenvalue weighted by Gasteiger charge is -2.43. The Morgan fingerprint density at radius 1 is 1.13 bits per heavy atom. The molecule has 7 nitrogen and oxygen atoms in total. The van der Waals surface area contributed by atoms with Gasteiger partial charge in [-0.1, -0.05) is 19.1 Å². The Hall–Kier alpha value is -3.52. The third-order valence-corrected chi connectivity index (χ3v) is 8.80. The average molecular weight is 533 g/mol. The number of allylic oxidation sites excluding steroid dienone is 4. The fourth-order valence-electron chi connectivity index (χ4n) is 5.53. The summed E-state index contributed by atoms with van der Waals surface area (Å²) in [6.45, 7) is 11.0. The van der Waals surface area contributed by atoms with Gasteiger partial charge in [0.15, 0.2) is 5.60 Å². The van der Waals surface area contributed by atoms with Crippen LogP contribution in [-0.2, 0) is 14.3 Å². The molecule has 2 aliphatic heterocycles. The molecule has 8 heteroatoms. The van der Waals surface area contributed by atoms with Gasteiger partial charge in [-0.15, -0.1) is 11.3 Å². The Morgan fingerprint density at radius 3 is 2.47 bits per heavy atom. The molecule has 1 aromatic carbocycles. The number of hydrogen-bond donors (Lipinski definition) is 1. The molecular weight excluding hydrogens is 496 g/mol. The maximum Gasteiger partial charge on any atom is 0.266 e. The van der Waals surface area contributed by atoms with Crippen molar-refractivity contribution in [2.24, 2.45) is 16.6 Å². The summed E-state index contributed by atoms with van der Waals surface area (Å²) in [6.07, 6.45) is 2.72. The van der Waals surface area contributed by atoms with Crippen LogP contribution in [0, 0.1) is 5.92 Å². The quantitative estimate of drug-likeness (QED) is 0.413. The van der Waals surface area contributed by atoms with Gasteiger partial charge < -0.3 is 25.0 Å². The predicted octanol–water partition coefficient (Wildman–Crippen LogP) is 5.38. The van der Waals surface area contributed by atoms with E-state index in [4.69, 9.17) is 15.2 Å². The van der Waals surface area contributed by atoms with Crippen molar-refractivity contribution in [2.45, 2.75) is 39.7 Å². The van der Waals surface area contributed by atoms with Crippen molar-refractivity contribution in [3.63, 3.8) is 0 Å². The van der Waals surface area contributed by atoms with E-state index in [0.29, 0.717) is 25.3 Å².